The number of anilines is 1. The average Bonchev–Trinajstić information content (AvgIpc) is 3.13. The molecule has 0 unspecified atom stereocenters. The molecule has 1 saturated heterocycles. The van der Waals surface area contributed by atoms with Crippen molar-refractivity contribution in [1.82, 2.24) is 13.9 Å². The lowest BCUT2D eigenvalue weighted by Crippen LogP contribution is -2.35. The first-order valence-corrected chi connectivity index (χ1v) is 12.0. The Bertz CT molecular complexity index is 953. The minimum Gasteiger partial charge on any atom is -0.492 e. The maximum absolute atomic E-state index is 13.2. The predicted molar refractivity (Wildman–Crippen MR) is 113 cm³/mol. The topological polar surface area (TPSA) is 93.5 Å². The van der Waals surface area contributed by atoms with Gasteiger partial charge in [0.2, 0.25) is 15.9 Å². The highest BCUT2D eigenvalue weighted by Gasteiger charge is 2.29. The van der Waals surface area contributed by atoms with Crippen molar-refractivity contribution in [2.45, 2.75) is 36.2 Å². The van der Waals surface area contributed by atoms with Crippen molar-refractivity contribution in [2.24, 2.45) is 7.05 Å². The second kappa shape index (κ2) is 9.64. The molecule has 0 spiro atoms. The molecule has 158 valence electrons. The summed E-state index contributed by atoms with van der Waals surface area (Å²) in [5.41, 5.74) is 0.425. The molecule has 2 heterocycles. The van der Waals surface area contributed by atoms with Gasteiger partial charge < -0.3 is 14.6 Å². The Labute approximate surface area is 175 Å². The fraction of sp³-hybridized carbons (Fsp3) is 0.474. The number of imidazole rings is 1. The van der Waals surface area contributed by atoms with Gasteiger partial charge in [-0.25, -0.2) is 13.4 Å². The first kappa shape index (κ1) is 21.7. The minimum absolute atomic E-state index is 0.0933. The molecule has 0 saturated carbocycles. The number of hydrogen-bond donors (Lipinski definition) is 1. The number of hydrogen-bond acceptors (Lipinski definition) is 6. The van der Waals surface area contributed by atoms with Crippen LogP contribution in [0, 0.1) is 0 Å². The van der Waals surface area contributed by atoms with Crippen molar-refractivity contribution in [1.29, 1.82) is 0 Å². The normalized spacial score (nSPS) is 15.2. The van der Waals surface area contributed by atoms with E-state index in [0.717, 1.165) is 24.4 Å². The van der Waals surface area contributed by atoms with E-state index in [1.807, 2.05) is 24.7 Å². The van der Waals surface area contributed by atoms with Crippen LogP contribution in [0.5, 0.6) is 5.75 Å². The third-order valence-corrected chi connectivity index (χ3v) is 7.55. The van der Waals surface area contributed by atoms with Crippen LogP contribution < -0.4 is 10.1 Å². The number of carbonyl (C=O) groups excluding carboxylic acids is 1. The number of ether oxygens (including phenoxy) is 1. The Hall–Kier alpha value is -2.04. The number of sulfonamides is 1. The molecule has 1 fully saturated rings. The van der Waals surface area contributed by atoms with Gasteiger partial charge in [0.05, 0.1) is 12.4 Å². The molecule has 0 atom stereocenters. The van der Waals surface area contributed by atoms with Gasteiger partial charge in [-0.15, -0.1) is 0 Å². The summed E-state index contributed by atoms with van der Waals surface area (Å²) < 4.78 is 35.2. The third-order valence-electron chi connectivity index (χ3n) is 4.57. The summed E-state index contributed by atoms with van der Waals surface area (Å²) in [6.07, 6.45) is 6.22. The van der Waals surface area contributed by atoms with E-state index in [9.17, 15) is 13.2 Å². The number of nitrogens with one attached hydrogen (secondary N) is 1. The maximum Gasteiger partial charge on any atom is 0.246 e. The van der Waals surface area contributed by atoms with E-state index in [-0.39, 0.29) is 16.6 Å². The molecule has 1 aliphatic heterocycles. The summed E-state index contributed by atoms with van der Waals surface area (Å²) in [5.74, 6) is 0.244. The van der Waals surface area contributed by atoms with Gasteiger partial charge in [0.15, 0.2) is 5.16 Å². The third kappa shape index (κ3) is 5.31. The average molecular weight is 439 g/mol. The van der Waals surface area contributed by atoms with Gasteiger partial charge in [-0.3, -0.25) is 4.79 Å². The van der Waals surface area contributed by atoms with Crippen LogP contribution in [-0.4, -0.2) is 53.6 Å². The van der Waals surface area contributed by atoms with Gasteiger partial charge >= 0.3 is 0 Å². The molecular formula is C19H26N4O4S2. The number of aryl methyl sites for hydroxylation is 1. The molecule has 2 aromatic rings. The zero-order valence-electron chi connectivity index (χ0n) is 16.6. The molecule has 0 bridgehead atoms. The highest BCUT2D eigenvalue weighted by Crippen LogP contribution is 2.31. The van der Waals surface area contributed by atoms with Crippen LogP contribution in [0.2, 0.25) is 0 Å². The Morgan fingerprint density at radius 3 is 2.69 bits per heavy atom. The van der Waals surface area contributed by atoms with Crippen molar-refractivity contribution >= 4 is 33.4 Å². The van der Waals surface area contributed by atoms with Crippen molar-refractivity contribution < 1.29 is 17.9 Å². The van der Waals surface area contributed by atoms with E-state index in [0.29, 0.717) is 31.1 Å². The van der Waals surface area contributed by atoms with E-state index >= 15 is 0 Å². The van der Waals surface area contributed by atoms with E-state index in [1.165, 1.54) is 22.1 Å². The fourth-order valence-electron chi connectivity index (χ4n) is 3.12. The molecule has 1 amide bonds. The van der Waals surface area contributed by atoms with Crippen LogP contribution in [0.1, 0.15) is 26.2 Å². The van der Waals surface area contributed by atoms with Crippen molar-refractivity contribution in [3.8, 4) is 5.75 Å². The summed E-state index contributed by atoms with van der Waals surface area (Å²) in [5, 5.41) is 3.51. The van der Waals surface area contributed by atoms with Gasteiger partial charge in [-0.05, 0) is 38.0 Å². The van der Waals surface area contributed by atoms with Crippen LogP contribution in [-0.2, 0) is 21.9 Å². The van der Waals surface area contributed by atoms with Gasteiger partial charge in [0.1, 0.15) is 10.6 Å². The Balaban J connectivity index is 1.77. The van der Waals surface area contributed by atoms with Crippen LogP contribution in [0.25, 0.3) is 0 Å². The van der Waals surface area contributed by atoms with Crippen LogP contribution in [0.3, 0.4) is 0 Å². The lowest BCUT2D eigenvalue weighted by Gasteiger charge is -2.27. The number of benzene rings is 1. The van der Waals surface area contributed by atoms with Crippen LogP contribution >= 0.6 is 11.8 Å². The molecule has 1 aliphatic rings. The lowest BCUT2D eigenvalue weighted by atomic mass is 10.2. The minimum atomic E-state index is -3.69. The van der Waals surface area contributed by atoms with Gasteiger partial charge in [0.25, 0.3) is 0 Å². The number of thioether (sulfide) groups is 1. The molecule has 1 aromatic carbocycles. The smallest absolute Gasteiger partial charge is 0.246 e. The standard InChI is InChI=1S/C19H26N4O4S2/c1-3-27-16-8-7-15(21-18(24)14-28-19-20-9-12-22(19)2)13-17(16)29(25,26)23-10-5-4-6-11-23/h7-9,12-13H,3-6,10-11,14H2,1-2H3,(H,21,24). The molecule has 8 nitrogen and oxygen atoms in total. The highest BCUT2D eigenvalue weighted by molar-refractivity contribution is 7.99. The summed E-state index contributed by atoms with van der Waals surface area (Å²) in [7, 11) is -1.83. The lowest BCUT2D eigenvalue weighted by molar-refractivity contribution is -0.113. The van der Waals surface area contributed by atoms with Crippen LogP contribution in [0.4, 0.5) is 5.69 Å². The number of carbonyl (C=O) groups is 1. The Kier molecular flexibility index (Phi) is 7.20. The van der Waals surface area contributed by atoms with E-state index in [2.05, 4.69) is 10.3 Å². The number of rotatable bonds is 8. The monoisotopic (exact) mass is 438 g/mol. The maximum atomic E-state index is 13.2. The van der Waals surface area contributed by atoms with E-state index < -0.39 is 10.0 Å². The van der Waals surface area contributed by atoms with Gasteiger partial charge in [0, 0.05) is 38.2 Å². The number of nitrogens with zero attached hydrogens (tertiary/aromatic N) is 3. The second-order valence-electron chi connectivity index (χ2n) is 6.72. The second-order valence-corrected chi connectivity index (χ2v) is 9.57. The van der Waals surface area contributed by atoms with Gasteiger partial charge in [-0.2, -0.15) is 4.31 Å². The first-order valence-electron chi connectivity index (χ1n) is 9.59. The zero-order chi connectivity index (χ0) is 20.9. The number of piperidine rings is 1. The molecule has 3 rings (SSSR count). The summed E-state index contributed by atoms with van der Waals surface area (Å²) >= 11 is 1.31. The molecule has 0 radical (unpaired) electrons. The molecule has 10 heteroatoms. The van der Waals surface area contributed by atoms with Crippen molar-refractivity contribution in [2.75, 3.05) is 30.8 Å². The summed E-state index contributed by atoms with van der Waals surface area (Å²) in [6.45, 7) is 3.17. The fourth-order valence-corrected chi connectivity index (χ4v) is 5.53. The molecular weight excluding hydrogens is 412 g/mol. The molecule has 1 aromatic heterocycles. The number of amides is 1. The van der Waals surface area contributed by atoms with Gasteiger partial charge in [-0.1, -0.05) is 18.2 Å². The molecule has 0 aliphatic carbocycles. The summed E-state index contributed by atoms with van der Waals surface area (Å²) in [4.78, 5) is 16.6. The SMILES string of the molecule is CCOc1ccc(NC(=O)CSc2nccn2C)cc1S(=O)(=O)N1CCCCC1. The zero-order valence-corrected chi connectivity index (χ0v) is 18.3. The first-order chi connectivity index (χ1) is 13.9. The molecule has 1 N–H and O–H groups in total. The van der Waals surface area contributed by atoms with E-state index in [1.54, 1.807) is 18.3 Å². The van der Waals surface area contributed by atoms with Crippen LogP contribution in [0.15, 0.2) is 40.6 Å². The number of aromatic nitrogens is 2. The Morgan fingerprint density at radius 1 is 1.28 bits per heavy atom. The highest BCUT2D eigenvalue weighted by atomic mass is 32.2. The Morgan fingerprint density at radius 2 is 2.03 bits per heavy atom. The largest absolute Gasteiger partial charge is 0.492 e. The van der Waals surface area contributed by atoms with Crippen molar-refractivity contribution in [3.63, 3.8) is 0 Å². The van der Waals surface area contributed by atoms with E-state index in [4.69, 9.17) is 4.74 Å². The quantitative estimate of drug-likeness (QED) is 0.637. The van der Waals surface area contributed by atoms with Crippen molar-refractivity contribution in [3.05, 3.63) is 30.6 Å². The summed E-state index contributed by atoms with van der Waals surface area (Å²) in [6, 6.07) is 4.74. The predicted octanol–water partition coefficient (Wildman–Crippen LogP) is 2.72. The molecule has 29 heavy (non-hydrogen) atoms.